The van der Waals surface area contributed by atoms with E-state index in [1.807, 2.05) is 4.90 Å². The first-order chi connectivity index (χ1) is 6.43. The molecule has 1 fully saturated rings. The Labute approximate surface area is 87.1 Å². The van der Waals surface area contributed by atoms with E-state index in [4.69, 9.17) is 0 Å². The van der Waals surface area contributed by atoms with E-state index >= 15 is 0 Å². The Balaban J connectivity index is 2.67. The van der Waals surface area contributed by atoms with Crippen LogP contribution < -0.4 is 0 Å². The van der Waals surface area contributed by atoms with Crippen LogP contribution in [0.5, 0.6) is 0 Å². The lowest BCUT2D eigenvalue weighted by Gasteiger charge is -2.46. The molecule has 0 aliphatic carbocycles. The standard InChI is InChI=1S/C11H22N2O/c1-8(2)13-9(3)6-12(11(5)14)7-10(13)4/h8-10H,6-7H2,1-5H3/t9-,10+. The fourth-order valence-electron chi connectivity index (χ4n) is 2.61. The van der Waals surface area contributed by atoms with E-state index < -0.39 is 0 Å². The van der Waals surface area contributed by atoms with E-state index in [9.17, 15) is 4.79 Å². The predicted molar refractivity (Wildman–Crippen MR) is 58.2 cm³/mol. The second kappa shape index (κ2) is 4.30. The van der Waals surface area contributed by atoms with Crippen molar-refractivity contribution in [2.45, 2.75) is 52.7 Å². The van der Waals surface area contributed by atoms with Gasteiger partial charge >= 0.3 is 0 Å². The number of hydrogen-bond donors (Lipinski definition) is 0. The molecule has 3 nitrogen and oxygen atoms in total. The topological polar surface area (TPSA) is 23.6 Å². The zero-order chi connectivity index (χ0) is 10.9. The number of nitrogens with zero attached hydrogens (tertiary/aromatic N) is 2. The van der Waals surface area contributed by atoms with Crippen LogP contribution in [-0.2, 0) is 4.79 Å². The molecule has 1 rings (SSSR count). The highest BCUT2D eigenvalue weighted by molar-refractivity contribution is 5.73. The van der Waals surface area contributed by atoms with Crippen LogP contribution in [0.15, 0.2) is 0 Å². The van der Waals surface area contributed by atoms with Crippen molar-refractivity contribution in [2.24, 2.45) is 0 Å². The molecule has 1 saturated heterocycles. The Kier molecular flexibility index (Phi) is 3.53. The summed E-state index contributed by atoms with van der Waals surface area (Å²) >= 11 is 0. The monoisotopic (exact) mass is 198 g/mol. The quantitative estimate of drug-likeness (QED) is 0.634. The van der Waals surface area contributed by atoms with Gasteiger partial charge in [0.25, 0.3) is 0 Å². The van der Waals surface area contributed by atoms with E-state index in [2.05, 4.69) is 32.6 Å². The lowest BCUT2D eigenvalue weighted by Crippen LogP contribution is -2.59. The predicted octanol–water partition coefficient (Wildman–Crippen LogP) is 1.34. The normalized spacial score (nSPS) is 29.7. The molecular formula is C11H22N2O. The molecule has 0 radical (unpaired) electrons. The average molecular weight is 198 g/mol. The molecule has 1 aliphatic heterocycles. The molecule has 3 heteroatoms. The molecule has 1 aliphatic rings. The zero-order valence-corrected chi connectivity index (χ0v) is 9.95. The highest BCUT2D eigenvalue weighted by Gasteiger charge is 2.31. The Hall–Kier alpha value is -0.570. The second-order valence-corrected chi connectivity index (χ2v) is 4.66. The van der Waals surface area contributed by atoms with Crippen LogP contribution in [0.4, 0.5) is 0 Å². The zero-order valence-electron chi connectivity index (χ0n) is 9.95. The number of carbonyl (C=O) groups is 1. The van der Waals surface area contributed by atoms with Gasteiger partial charge in [-0.2, -0.15) is 0 Å². The van der Waals surface area contributed by atoms with Crippen LogP contribution in [0, 0.1) is 0 Å². The fraction of sp³-hybridized carbons (Fsp3) is 0.909. The molecule has 0 spiro atoms. The molecule has 0 N–H and O–H groups in total. The van der Waals surface area contributed by atoms with Crippen LogP contribution >= 0.6 is 0 Å². The minimum atomic E-state index is 0.201. The van der Waals surface area contributed by atoms with Gasteiger partial charge in [0.05, 0.1) is 0 Å². The summed E-state index contributed by atoms with van der Waals surface area (Å²) in [6.07, 6.45) is 0. The maximum Gasteiger partial charge on any atom is 0.219 e. The van der Waals surface area contributed by atoms with Gasteiger partial charge in [0, 0.05) is 38.1 Å². The van der Waals surface area contributed by atoms with Gasteiger partial charge in [0.1, 0.15) is 0 Å². The molecule has 1 amide bonds. The summed E-state index contributed by atoms with van der Waals surface area (Å²) in [6.45, 7) is 12.2. The molecule has 0 saturated carbocycles. The summed E-state index contributed by atoms with van der Waals surface area (Å²) in [7, 11) is 0. The summed E-state index contributed by atoms with van der Waals surface area (Å²) in [4.78, 5) is 15.7. The Morgan fingerprint density at radius 3 is 1.93 bits per heavy atom. The van der Waals surface area contributed by atoms with Crippen molar-refractivity contribution < 1.29 is 4.79 Å². The average Bonchev–Trinajstić information content (AvgIpc) is 2.01. The van der Waals surface area contributed by atoms with Gasteiger partial charge in [-0.05, 0) is 27.7 Å². The van der Waals surface area contributed by atoms with Crippen molar-refractivity contribution in [1.29, 1.82) is 0 Å². The molecule has 0 aromatic carbocycles. The largest absolute Gasteiger partial charge is 0.340 e. The van der Waals surface area contributed by atoms with Gasteiger partial charge in [-0.25, -0.2) is 0 Å². The van der Waals surface area contributed by atoms with Crippen LogP contribution in [-0.4, -0.2) is 46.9 Å². The first-order valence-corrected chi connectivity index (χ1v) is 5.46. The highest BCUT2D eigenvalue weighted by Crippen LogP contribution is 2.18. The van der Waals surface area contributed by atoms with Crippen molar-refractivity contribution in [3.63, 3.8) is 0 Å². The second-order valence-electron chi connectivity index (χ2n) is 4.66. The third-order valence-corrected chi connectivity index (χ3v) is 3.03. The van der Waals surface area contributed by atoms with E-state index in [0.717, 1.165) is 13.1 Å². The minimum Gasteiger partial charge on any atom is -0.340 e. The van der Waals surface area contributed by atoms with Crippen LogP contribution in [0.2, 0.25) is 0 Å². The number of piperazine rings is 1. The number of amides is 1. The number of hydrogen-bond acceptors (Lipinski definition) is 2. The molecule has 0 aromatic rings. The van der Waals surface area contributed by atoms with E-state index in [0.29, 0.717) is 18.1 Å². The third-order valence-electron chi connectivity index (χ3n) is 3.03. The van der Waals surface area contributed by atoms with E-state index in [1.54, 1.807) is 6.92 Å². The maximum absolute atomic E-state index is 11.3. The van der Waals surface area contributed by atoms with Gasteiger partial charge < -0.3 is 4.90 Å². The van der Waals surface area contributed by atoms with Crippen LogP contribution in [0.1, 0.15) is 34.6 Å². The van der Waals surface area contributed by atoms with Crippen molar-refractivity contribution in [1.82, 2.24) is 9.80 Å². The van der Waals surface area contributed by atoms with Crippen molar-refractivity contribution in [3.05, 3.63) is 0 Å². The van der Waals surface area contributed by atoms with E-state index in [-0.39, 0.29) is 5.91 Å². The van der Waals surface area contributed by atoms with Crippen LogP contribution in [0.3, 0.4) is 0 Å². The first kappa shape index (κ1) is 11.5. The summed E-state index contributed by atoms with van der Waals surface area (Å²) in [5, 5.41) is 0. The molecule has 1 heterocycles. The molecule has 14 heavy (non-hydrogen) atoms. The lowest BCUT2D eigenvalue weighted by molar-refractivity contribution is -0.133. The molecular weight excluding hydrogens is 176 g/mol. The Morgan fingerprint density at radius 1 is 1.21 bits per heavy atom. The van der Waals surface area contributed by atoms with Gasteiger partial charge in [0.15, 0.2) is 0 Å². The van der Waals surface area contributed by atoms with Gasteiger partial charge in [-0.1, -0.05) is 0 Å². The van der Waals surface area contributed by atoms with Gasteiger partial charge in [-0.3, -0.25) is 9.69 Å². The van der Waals surface area contributed by atoms with Gasteiger partial charge in [0.2, 0.25) is 5.91 Å². The first-order valence-electron chi connectivity index (χ1n) is 5.46. The summed E-state index contributed by atoms with van der Waals surface area (Å²) in [6, 6.07) is 1.51. The smallest absolute Gasteiger partial charge is 0.219 e. The number of rotatable bonds is 1. The van der Waals surface area contributed by atoms with Gasteiger partial charge in [-0.15, -0.1) is 0 Å². The summed E-state index contributed by atoms with van der Waals surface area (Å²) in [5.41, 5.74) is 0. The van der Waals surface area contributed by atoms with E-state index in [1.165, 1.54) is 0 Å². The van der Waals surface area contributed by atoms with Crippen molar-refractivity contribution >= 4 is 5.91 Å². The minimum absolute atomic E-state index is 0.201. The molecule has 0 unspecified atom stereocenters. The molecule has 82 valence electrons. The number of carbonyl (C=O) groups excluding carboxylic acids is 1. The highest BCUT2D eigenvalue weighted by atomic mass is 16.2. The molecule has 2 atom stereocenters. The lowest BCUT2D eigenvalue weighted by atomic mass is 10.1. The Morgan fingerprint density at radius 2 is 1.64 bits per heavy atom. The maximum atomic E-state index is 11.3. The Bertz CT molecular complexity index is 203. The van der Waals surface area contributed by atoms with Crippen molar-refractivity contribution in [3.8, 4) is 0 Å². The third kappa shape index (κ3) is 2.27. The van der Waals surface area contributed by atoms with Crippen LogP contribution in [0.25, 0.3) is 0 Å². The molecule has 0 aromatic heterocycles. The molecule has 0 bridgehead atoms. The summed E-state index contributed by atoms with van der Waals surface area (Å²) < 4.78 is 0. The SMILES string of the molecule is CC(=O)N1C[C@@H](C)N(C(C)C)[C@@H](C)C1. The van der Waals surface area contributed by atoms with Crippen molar-refractivity contribution in [2.75, 3.05) is 13.1 Å². The summed E-state index contributed by atoms with van der Waals surface area (Å²) in [5.74, 6) is 0.201. The fourth-order valence-corrected chi connectivity index (χ4v) is 2.61.